The number of nitrogens with zero attached hydrogens (tertiary/aromatic N) is 4. The molecule has 0 atom stereocenters. The van der Waals surface area contributed by atoms with E-state index in [1.807, 2.05) is 0 Å². The van der Waals surface area contributed by atoms with E-state index in [4.69, 9.17) is 16.7 Å². The van der Waals surface area contributed by atoms with Gasteiger partial charge in [-0.05, 0) is 30.7 Å². The Morgan fingerprint density at radius 3 is 2.64 bits per heavy atom. The molecule has 0 saturated carbocycles. The molecular weight excluding hydrogens is 384 g/mol. The molecule has 0 aliphatic heterocycles. The summed E-state index contributed by atoms with van der Waals surface area (Å²) in [5, 5.41) is 26.6. The zero-order valence-corrected chi connectivity index (χ0v) is 15.4. The van der Waals surface area contributed by atoms with Crippen LogP contribution < -0.4 is 10.6 Å². The molecule has 0 unspecified atom stereocenters. The number of halogens is 1. The van der Waals surface area contributed by atoms with Gasteiger partial charge in [0.05, 0.1) is 10.6 Å². The molecular formula is C18H17ClN6O3. The quantitative estimate of drug-likeness (QED) is 0.297. The van der Waals surface area contributed by atoms with Gasteiger partial charge < -0.3 is 15.7 Å². The molecule has 28 heavy (non-hydrogen) atoms. The van der Waals surface area contributed by atoms with E-state index in [0.29, 0.717) is 35.4 Å². The predicted molar refractivity (Wildman–Crippen MR) is 107 cm³/mol. The second-order valence-electron chi connectivity index (χ2n) is 5.75. The number of anilines is 3. The molecule has 3 rings (SSSR count). The van der Waals surface area contributed by atoms with E-state index in [2.05, 4.69) is 25.6 Å². The minimum Gasteiger partial charge on any atom is -0.396 e. The molecule has 0 fully saturated rings. The highest BCUT2D eigenvalue weighted by Gasteiger charge is 2.16. The maximum atomic E-state index is 11.3. The number of rotatable bonds is 8. The van der Waals surface area contributed by atoms with Crippen LogP contribution in [0, 0.1) is 10.1 Å². The summed E-state index contributed by atoms with van der Waals surface area (Å²) in [6.45, 7) is 0.518. The first-order valence-corrected chi connectivity index (χ1v) is 8.80. The number of nitrogens with one attached hydrogen (secondary N) is 2. The number of hydrogen-bond donors (Lipinski definition) is 3. The van der Waals surface area contributed by atoms with Crippen LogP contribution in [0.3, 0.4) is 0 Å². The molecule has 0 bridgehead atoms. The Labute approximate surface area is 165 Å². The van der Waals surface area contributed by atoms with Gasteiger partial charge in [0.1, 0.15) is 11.5 Å². The largest absolute Gasteiger partial charge is 0.396 e. The van der Waals surface area contributed by atoms with Gasteiger partial charge in [-0.3, -0.25) is 15.1 Å². The summed E-state index contributed by atoms with van der Waals surface area (Å²) in [4.78, 5) is 23.6. The zero-order valence-electron chi connectivity index (χ0n) is 14.7. The van der Waals surface area contributed by atoms with Gasteiger partial charge in [-0.1, -0.05) is 11.6 Å². The number of aliphatic hydroxyl groups excluding tert-OH is 1. The minimum absolute atomic E-state index is 0.0386. The standard InChI is InChI=1S/C18H17ClN6O3/c19-13-2-3-16(25(27)28)15(10-13)22-17-11-14(12-4-7-20-8-5-12)23-18(24-17)21-6-1-9-26/h2-5,7-8,10-11,26H,1,6,9H2,(H2,21,22,23,24). The maximum absolute atomic E-state index is 11.3. The van der Waals surface area contributed by atoms with Crippen molar-refractivity contribution in [3.05, 3.63) is 63.9 Å². The average Bonchev–Trinajstić information content (AvgIpc) is 2.68. The highest BCUT2D eigenvalue weighted by Crippen LogP contribution is 2.31. The van der Waals surface area contributed by atoms with Gasteiger partial charge in [-0.15, -0.1) is 0 Å². The number of benzene rings is 1. The Morgan fingerprint density at radius 2 is 1.93 bits per heavy atom. The Hall–Kier alpha value is -3.30. The monoisotopic (exact) mass is 400 g/mol. The first-order valence-electron chi connectivity index (χ1n) is 8.42. The van der Waals surface area contributed by atoms with Crippen LogP contribution in [0.2, 0.25) is 5.02 Å². The molecule has 3 N–H and O–H groups in total. The second kappa shape index (κ2) is 9.07. The molecule has 0 amide bonds. The molecule has 1 aromatic carbocycles. The van der Waals surface area contributed by atoms with E-state index in [0.717, 1.165) is 5.56 Å². The van der Waals surface area contributed by atoms with Gasteiger partial charge in [0.25, 0.3) is 5.69 Å². The maximum Gasteiger partial charge on any atom is 0.292 e. The summed E-state index contributed by atoms with van der Waals surface area (Å²) in [7, 11) is 0. The highest BCUT2D eigenvalue weighted by molar-refractivity contribution is 6.31. The van der Waals surface area contributed by atoms with Crippen molar-refractivity contribution in [2.45, 2.75) is 6.42 Å². The van der Waals surface area contributed by atoms with Crippen molar-refractivity contribution >= 4 is 34.7 Å². The van der Waals surface area contributed by atoms with Crippen molar-refractivity contribution in [1.82, 2.24) is 15.0 Å². The van der Waals surface area contributed by atoms with Crippen LogP contribution in [0.1, 0.15) is 6.42 Å². The van der Waals surface area contributed by atoms with Crippen molar-refractivity contribution in [3.63, 3.8) is 0 Å². The van der Waals surface area contributed by atoms with Crippen molar-refractivity contribution in [3.8, 4) is 11.3 Å². The van der Waals surface area contributed by atoms with Crippen LogP contribution in [0.4, 0.5) is 23.1 Å². The number of aromatic nitrogens is 3. The number of pyridine rings is 1. The predicted octanol–water partition coefficient (Wildman–Crippen LogP) is 3.64. The smallest absolute Gasteiger partial charge is 0.292 e. The lowest BCUT2D eigenvalue weighted by atomic mass is 10.2. The topological polar surface area (TPSA) is 126 Å². The lowest BCUT2D eigenvalue weighted by Crippen LogP contribution is -2.09. The van der Waals surface area contributed by atoms with E-state index in [1.54, 1.807) is 30.6 Å². The Bertz CT molecular complexity index is 971. The highest BCUT2D eigenvalue weighted by atomic mass is 35.5. The summed E-state index contributed by atoms with van der Waals surface area (Å²) < 4.78 is 0. The van der Waals surface area contributed by atoms with Crippen LogP contribution in [-0.4, -0.2) is 38.1 Å². The molecule has 9 nitrogen and oxygen atoms in total. The van der Waals surface area contributed by atoms with Crippen LogP contribution >= 0.6 is 11.6 Å². The molecule has 0 aliphatic rings. The summed E-state index contributed by atoms with van der Waals surface area (Å²) >= 11 is 5.99. The lowest BCUT2D eigenvalue weighted by molar-refractivity contribution is -0.383. The zero-order chi connectivity index (χ0) is 19.9. The number of aliphatic hydroxyl groups is 1. The van der Waals surface area contributed by atoms with E-state index in [1.165, 1.54) is 18.2 Å². The normalized spacial score (nSPS) is 10.5. The minimum atomic E-state index is -0.496. The summed E-state index contributed by atoms with van der Waals surface area (Å²) in [6.07, 6.45) is 3.82. The third-order valence-electron chi connectivity index (χ3n) is 3.74. The first kappa shape index (κ1) is 19.5. The van der Waals surface area contributed by atoms with E-state index in [-0.39, 0.29) is 18.0 Å². The molecule has 0 radical (unpaired) electrons. The van der Waals surface area contributed by atoms with Crippen molar-refractivity contribution in [1.29, 1.82) is 0 Å². The number of hydrogen-bond acceptors (Lipinski definition) is 8. The van der Waals surface area contributed by atoms with E-state index in [9.17, 15) is 10.1 Å². The molecule has 10 heteroatoms. The lowest BCUT2D eigenvalue weighted by Gasteiger charge is -2.12. The fourth-order valence-electron chi connectivity index (χ4n) is 2.45. The van der Waals surface area contributed by atoms with Crippen LogP contribution in [0.25, 0.3) is 11.3 Å². The fraction of sp³-hybridized carbons (Fsp3) is 0.167. The number of nitro benzene ring substituents is 1. The average molecular weight is 401 g/mol. The van der Waals surface area contributed by atoms with Gasteiger partial charge in [-0.2, -0.15) is 4.98 Å². The Balaban J connectivity index is 1.99. The summed E-state index contributed by atoms with van der Waals surface area (Å²) in [5.74, 6) is 0.689. The summed E-state index contributed by atoms with van der Waals surface area (Å²) in [6, 6.07) is 9.52. The number of nitro groups is 1. The fourth-order valence-corrected chi connectivity index (χ4v) is 2.62. The third-order valence-corrected chi connectivity index (χ3v) is 3.97. The van der Waals surface area contributed by atoms with Gasteiger partial charge in [0.15, 0.2) is 0 Å². The van der Waals surface area contributed by atoms with Crippen LogP contribution in [-0.2, 0) is 0 Å². The van der Waals surface area contributed by atoms with Gasteiger partial charge in [-0.25, -0.2) is 4.98 Å². The van der Waals surface area contributed by atoms with Gasteiger partial charge in [0.2, 0.25) is 5.95 Å². The SMILES string of the molecule is O=[N+]([O-])c1ccc(Cl)cc1Nc1cc(-c2ccncc2)nc(NCCCO)n1. The molecule has 2 heterocycles. The second-order valence-corrected chi connectivity index (χ2v) is 6.18. The molecule has 0 spiro atoms. The van der Waals surface area contributed by atoms with Crippen molar-refractivity contribution in [2.24, 2.45) is 0 Å². The molecule has 0 saturated heterocycles. The van der Waals surface area contributed by atoms with E-state index >= 15 is 0 Å². The van der Waals surface area contributed by atoms with Crippen molar-refractivity contribution in [2.75, 3.05) is 23.8 Å². The van der Waals surface area contributed by atoms with Crippen LogP contribution in [0.15, 0.2) is 48.8 Å². The molecule has 3 aromatic rings. The molecule has 144 valence electrons. The van der Waals surface area contributed by atoms with Crippen molar-refractivity contribution < 1.29 is 10.0 Å². The first-order chi connectivity index (χ1) is 13.6. The third kappa shape index (κ3) is 4.90. The van der Waals surface area contributed by atoms with E-state index < -0.39 is 4.92 Å². The Morgan fingerprint density at radius 1 is 1.14 bits per heavy atom. The Kier molecular flexibility index (Phi) is 6.30. The van der Waals surface area contributed by atoms with Gasteiger partial charge in [0, 0.05) is 48.3 Å². The molecule has 0 aliphatic carbocycles. The summed E-state index contributed by atoms with van der Waals surface area (Å²) in [5.41, 5.74) is 1.52. The van der Waals surface area contributed by atoms with Gasteiger partial charge >= 0.3 is 0 Å². The molecule has 2 aromatic heterocycles. The van der Waals surface area contributed by atoms with Crippen LogP contribution in [0.5, 0.6) is 0 Å².